The number of rotatable bonds is 4. The van der Waals surface area contributed by atoms with Gasteiger partial charge in [-0.05, 0) is 31.5 Å². The number of nitrogens with one attached hydrogen (secondary N) is 1. The molecule has 1 aliphatic heterocycles. The second-order valence-electron chi connectivity index (χ2n) is 6.26. The zero-order chi connectivity index (χ0) is 18.1. The van der Waals surface area contributed by atoms with Crippen LogP contribution in [0.3, 0.4) is 0 Å². The highest BCUT2D eigenvalue weighted by molar-refractivity contribution is 7.18. The van der Waals surface area contributed by atoms with Crippen LogP contribution in [0.15, 0.2) is 24.5 Å². The van der Waals surface area contributed by atoms with Crippen LogP contribution in [0, 0.1) is 18.3 Å². The fourth-order valence-electron chi connectivity index (χ4n) is 3.18. The summed E-state index contributed by atoms with van der Waals surface area (Å²) in [6, 6.07) is 8.27. The van der Waals surface area contributed by atoms with E-state index in [1.54, 1.807) is 11.3 Å². The first kappa shape index (κ1) is 16.5. The third-order valence-corrected chi connectivity index (χ3v) is 5.29. The molecule has 1 fully saturated rings. The monoisotopic (exact) mass is 367 g/mol. The molecule has 9 heteroatoms. The maximum absolute atomic E-state index is 12.2. The largest absolute Gasteiger partial charge is 0.369 e. The Hall–Kier alpha value is -2.99. The van der Waals surface area contributed by atoms with E-state index < -0.39 is 0 Å². The average Bonchev–Trinajstić information content (AvgIpc) is 3.32. The van der Waals surface area contributed by atoms with E-state index in [4.69, 9.17) is 5.26 Å². The summed E-state index contributed by atoms with van der Waals surface area (Å²) in [4.78, 5) is 22.8. The molecule has 1 aromatic carbocycles. The van der Waals surface area contributed by atoms with E-state index in [1.807, 2.05) is 13.0 Å². The van der Waals surface area contributed by atoms with Gasteiger partial charge in [0.2, 0.25) is 5.91 Å². The number of nitriles is 1. The summed E-state index contributed by atoms with van der Waals surface area (Å²) in [5.74, 6) is -0.0608. The average molecular weight is 367 g/mol. The van der Waals surface area contributed by atoms with Crippen molar-refractivity contribution in [3.8, 4) is 6.07 Å². The normalized spacial score (nSPS) is 16.8. The van der Waals surface area contributed by atoms with E-state index in [0.29, 0.717) is 0 Å². The van der Waals surface area contributed by atoms with Gasteiger partial charge in [0.25, 0.3) is 5.82 Å². The Morgan fingerprint density at radius 3 is 3.19 bits per heavy atom. The van der Waals surface area contributed by atoms with E-state index in [2.05, 4.69) is 43.5 Å². The quantitative estimate of drug-likeness (QED) is 0.749. The second-order valence-corrected chi connectivity index (χ2v) is 7.50. The number of aryl methyl sites for hydroxylation is 1. The van der Waals surface area contributed by atoms with E-state index in [0.717, 1.165) is 35.7 Å². The van der Waals surface area contributed by atoms with Crippen LogP contribution in [-0.2, 0) is 11.3 Å². The molecule has 0 unspecified atom stereocenters. The zero-order valence-electron chi connectivity index (χ0n) is 14.2. The lowest BCUT2D eigenvalue weighted by atomic mass is 10.2. The number of fused-ring (bicyclic) bond motifs is 1. The molecule has 1 aliphatic rings. The van der Waals surface area contributed by atoms with Crippen LogP contribution in [0.5, 0.6) is 0 Å². The van der Waals surface area contributed by atoms with Gasteiger partial charge in [-0.1, -0.05) is 0 Å². The Morgan fingerprint density at radius 1 is 1.50 bits per heavy atom. The molecule has 1 amide bonds. The first-order valence-electron chi connectivity index (χ1n) is 8.32. The molecule has 1 atom stereocenters. The lowest BCUT2D eigenvalue weighted by molar-refractivity contribution is -0.122. The van der Waals surface area contributed by atoms with E-state index >= 15 is 0 Å². The van der Waals surface area contributed by atoms with Crippen molar-refractivity contribution in [2.45, 2.75) is 25.9 Å². The lowest BCUT2D eigenvalue weighted by Gasteiger charge is -2.19. The number of benzene rings is 1. The van der Waals surface area contributed by atoms with Crippen LogP contribution < -0.4 is 10.2 Å². The first-order chi connectivity index (χ1) is 12.6. The minimum Gasteiger partial charge on any atom is -0.369 e. The summed E-state index contributed by atoms with van der Waals surface area (Å²) < 4.78 is 2.57. The number of hydrogen-bond donors (Lipinski definition) is 1. The number of carbonyl (C=O) groups excluding carboxylic acids is 1. The maximum atomic E-state index is 12.2. The summed E-state index contributed by atoms with van der Waals surface area (Å²) in [6.07, 6.45) is 2.28. The molecule has 0 aliphatic carbocycles. The molecule has 0 bridgehead atoms. The van der Waals surface area contributed by atoms with E-state index in [9.17, 15) is 4.79 Å². The SMILES string of the molecule is Cc1nc2cc(N3CC[C@H](NC(=O)Cn4cnc(C#N)n4)C3)ccc2s1. The zero-order valence-corrected chi connectivity index (χ0v) is 15.0. The summed E-state index contributed by atoms with van der Waals surface area (Å²) in [7, 11) is 0. The molecule has 3 aromatic rings. The summed E-state index contributed by atoms with van der Waals surface area (Å²) >= 11 is 1.70. The van der Waals surface area contributed by atoms with E-state index in [-0.39, 0.29) is 24.3 Å². The third-order valence-electron chi connectivity index (χ3n) is 4.34. The summed E-state index contributed by atoms with van der Waals surface area (Å²) in [6.45, 7) is 3.73. The Balaban J connectivity index is 1.36. The number of hydrogen-bond acceptors (Lipinski definition) is 7. The maximum Gasteiger partial charge on any atom is 0.252 e. The molecule has 132 valence electrons. The van der Waals surface area contributed by atoms with Gasteiger partial charge in [0.15, 0.2) is 0 Å². The number of anilines is 1. The van der Waals surface area contributed by atoms with Crippen LogP contribution in [0.4, 0.5) is 5.69 Å². The molecule has 4 rings (SSSR count). The van der Waals surface area contributed by atoms with Crippen molar-refractivity contribution in [1.29, 1.82) is 5.26 Å². The van der Waals surface area contributed by atoms with Gasteiger partial charge in [0.1, 0.15) is 18.9 Å². The molecule has 3 heterocycles. The highest BCUT2D eigenvalue weighted by atomic mass is 32.1. The van der Waals surface area contributed by atoms with Crippen molar-refractivity contribution in [3.63, 3.8) is 0 Å². The van der Waals surface area contributed by atoms with Crippen LogP contribution >= 0.6 is 11.3 Å². The molecule has 26 heavy (non-hydrogen) atoms. The standard InChI is InChI=1S/C17H17N7OS/c1-11-20-14-6-13(2-3-15(14)26-11)23-5-4-12(8-23)21-17(25)9-24-10-19-16(7-18)22-24/h2-3,6,10,12H,4-5,8-9H2,1H3,(H,21,25)/t12-/m0/s1. The van der Waals surface area contributed by atoms with Crippen LogP contribution in [0.1, 0.15) is 17.3 Å². The number of thiazole rings is 1. The van der Waals surface area contributed by atoms with Crippen molar-refractivity contribution in [2.75, 3.05) is 18.0 Å². The van der Waals surface area contributed by atoms with Gasteiger partial charge in [-0.3, -0.25) is 4.79 Å². The highest BCUT2D eigenvalue weighted by Gasteiger charge is 2.24. The van der Waals surface area contributed by atoms with Crippen LogP contribution in [0.2, 0.25) is 0 Å². The fourth-order valence-corrected chi connectivity index (χ4v) is 3.99. The van der Waals surface area contributed by atoms with Crippen molar-refractivity contribution in [1.82, 2.24) is 25.1 Å². The van der Waals surface area contributed by atoms with Gasteiger partial charge in [-0.15, -0.1) is 16.4 Å². The van der Waals surface area contributed by atoms with Gasteiger partial charge in [0, 0.05) is 24.8 Å². The van der Waals surface area contributed by atoms with E-state index in [1.165, 1.54) is 15.7 Å². The predicted octanol–water partition coefficient (Wildman–Crippen LogP) is 1.46. The smallest absolute Gasteiger partial charge is 0.252 e. The Labute approximate surface area is 154 Å². The minimum atomic E-state index is -0.128. The Kier molecular flexibility index (Phi) is 4.26. The van der Waals surface area contributed by atoms with Gasteiger partial charge in [-0.25, -0.2) is 14.6 Å². The number of carbonyl (C=O) groups is 1. The topological polar surface area (TPSA) is 99.7 Å². The molecule has 0 spiro atoms. The molecular weight excluding hydrogens is 350 g/mol. The lowest BCUT2D eigenvalue weighted by Crippen LogP contribution is -2.39. The molecule has 2 aromatic heterocycles. The third kappa shape index (κ3) is 3.36. The van der Waals surface area contributed by atoms with Gasteiger partial charge in [-0.2, -0.15) is 5.26 Å². The molecule has 0 saturated carbocycles. The molecular formula is C17H17N7OS. The predicted molar refractivity (Wildman–Crippen MR) is 97.9 cm³/mol. The van der Waals surface area contributed by atoms with Gasteiger partial charge < -0.3 is 10.2 Å². The highest BCUT2D eigenvalue weighted by Crippen LogP contribution is 2.28. The van der Waals surface area contributed by atoms with Crippen LogP contribution in [-0.4, -0.2) is 44.8 Å². The molecule has 1 N–H and O–H groups in total. The van der Waals surface area contributed by atoms with Gasteiger partial charge in [0.05, 0.1) is 15.2 Å². The van der Waals surface area contributed by atoms with Crippen molar-refractivity contribution < 1.29 is 4.79 Å². The van der Waals surface area contributed by atoms with Crippen molar-refractivity contribution in [3.05, 3.63) is 35.4 Å². The number of nitrogens with zero attached hydrogens (tertiary/aromatic N) is 6. The Bertz CT molecular complexity index is 1000. The van der Waals surface area contributed by atoms with Gasteiger partial charge >= 0.3 is 0 Å². The van der Waals surface area contributed by atoms with Crippen LogP contribution in [0.25, 0.3) is 10.2 Å². The minimum absolute atomic E-state index is 0.0647. The molecule has 8 nitrogen and oxygen atoms in total. The van der Waals surface area contributed by atoms with Crippen molar-refractivity contribution >= 4 is 33.1 Å². The molecule has 1 saturated heterocycles. The Morgan fingerprint density at radius 2 is 2.38 bits per heavy atom. The first-order valence-corrected chi connectivity index (χ1v) is 9.13. The number of aromatic nitrogens is 4. The molecule has 0 radical (unpaired) electrons. The summed E-state index contributed by atoms with van der Waals surface area (Å²) in [5, 5.41) is 16.7. The number of amides is 1. The van der Waals surface area contributed by atoms with Crippen molar-refractivity contribution in [2.24, 2.45) is 0 Å². The second kappa shape index (κ2) is 6.72. The fraction of sp³-hybridized carbons (Fsp3) is 0.353. The summed E-state index contributed by atoms with van der Waals surface area (Å²) in [5.41, 5.74) is 2.16.